The van der Waals surface area contributed by atoms with Crippen LogP contribution in [0.5, 0.6) is 0 Å². The SMILES string of the molecule is CNc1nc2ccc([N+](=O)[O-])cc2cc1C(C)C. The van der Waals surface area contributed by atoms with Gasteiger partial charge >= 0.3 is 0 Å². The number of fused-ring (bicyclic) bond motifs is 1. The lowest BCUT2D eigenvalue weighted by atomic mass is 10.0. The van der Waals surface area contributed by atoms with Gasteiger partial charge < -0.3 is 5.32 Å². The average molecular weight is 245 g/mol. The summed E-state index contributed by atoms with van der Waals surface area (Å²) in [4.78, 5) is 14.9. The van der Waals surface area contributed by atoms with E-state index >= 15 is 0 Å². The lowest BCUT2D eigenvalue weighted by Crippen LogP contribution is -2.01. The molecule has 0 aliphatic heterocycles. The standard InChI is InChI=1S/C13H15N3O2/c1-8(2)11-7-9-6-10(16(17)18)4-5-12(9)15-13(11)14-3/h4-8H,1-3H3,(H,14,15). The van der Waals surface area contributed by atoms with Gasteiger partial charge in [0.15, 0.2) is 0 Å². The summed E-state index contributed by atoms with van der Waals surface area (Å²) >= 11 is 0. The monoisotopic (exact) mass is 245 g/mol. The van der Waals surface area contributed by atoms with Crippen LogP contribution in [0.1, 0.15) is 25.3 Å². The van der Waals surface area contributed by atoms with Gasteiger partial charge in [-0.1, -0.05) is 13.8 Å². The van der Waals surface area contributed by atoms with Gasteiger partial charge in [-0.25, -0.2) is 4.98 Å². The Kier molecular flexibility index (Phi) is 3.14. The molecule has 0 saturated carbocycles. The molecule has 1 aromatic heterocycles. The zero-order valence-corrected chi connectivity index (χ0v) is 10.6. The van der Waals surface area contributed by atoms with E-state index in [0.29, 0.717) is 5.92 Å². The van der Waals surface area contributed by atoms with Gasteiger partial charge in [-0.05, 0) is 23.6 Å². The molecule has 0 amide bonds. The molecule has 2 aromatic rings. The van der Waals surface area contributed by atoms with E-state index in [9.17, 15) is 10.1 Å². The van der Waals surface area contributed by atoms with Gasteiger partial charge in [0.1, 0.15) is 5.82 Å². The van der Waals surface area contributed by atoms with Crippen LogP contribution >= 0.6 is 0 Å². The maximum absolute atomic E-state index is 10.8. The molecule has 5 nitrogen and oxygen atoms in total. The first-order valence-corrected chi connectivity index (χ1v) is 5.79. The van der Waals surface area contributed by atoms with E-state index in [1.165, 1.54) is 6.07 Å². The van der Waals surface area contributed by atoms with Crippen molar-refractivity contribution in [3.8, 4) is 0 Å². The quantitative estimate of drug-likeness (QED) is 0.665. The first kappa shape index (κ1) is 12.3. The Balaban J connectivity index is 2.68. The van der Waals surface area contributed by atoms with Gasteiger partial charge in [0, 0.05) is 24.6 Å². The topological polar surface area (TPSA) is 68.1 Å². The molecular weight excluding hydrogens is 230 g/mol. The first-order valence-electron chi connectivity index (χ1n) is 5.79. The molecule has 94 valence electrons. The maximum Gasteiger partial charge on any atom is 0.270 e. The molecular formula is C13H15N3O2. The fourth-order valence-electron chi connectivity index (χ4n) is 1.93. The molecule has 0 aliphatic rings. The van der Waals surface area contributed by atoms with Gasteiger partial charge in [-0.3, -0.25) is 10.1 Å². The lowest BCUT2D eigenvalue weighted by Gasteiger charge is -2.12. The van der Waals surface area contributed by atoms with Crippen molar-refractivity contribution in [1.29, 1.82) is 0 Å². The van der Waals surface area contributed by atoms with Crippen molar-refractivity contribution < 1.29 is 4.92 Å². The molecule has 0 radical (unpaired) electrons. The molecule has 1 heterocycles. The van der Waals surface area contributed by atoms with E-state index in [1.54, 1.807) is 12.1 Å². The van der Waals surface area contributed by atoms with Crippen molar-refractivity contribution in [1.82, 2.24) is 4.98 Å². The van der Waals surface area contributed by atoms with Crippen LogP contribution in [0.3, 0.4) is 0 Å². The number of hydrogen-bond donors (Lipinski definition) is 1. The third-order valence-corrected chi connectivity index (χ3v) is 2.90. The van der Waals surface area contributed by atoms with E-state index in [4.69, 9.17) is 0 Å². The minimum Gasteiger partial charge on any atom is -0.373 e. The third kappa shape index (κ3) is 2.11. The van der Waals surface area contributed by atoms with Crippen LogP contribution in [-0.4, -0.2) is 17.0 Å². The van der Waals surface area contributed by atoms with E-state index in [1.807, 2.05) is 13.1 Å². The summed E-state index contributed by atoms with van der Waals surface area (Å²) in [5.74, 6) is 1.13. The summed E-state index contributed by atoms with van der Waals surface area (Å²) in [5, 5.41) is 14.6. The van der Waals surface area contributed by atoms with Gasteiger partial charge in [-0.15, -0.1) is 0 Å². The van der Waals surface area contributed by atoms with E-state index < -0.39 is 0 Å². The number of nitrogens with one attached hydrogen (secondary N) is 1. The molecule has 2 rings (SSSR count). The zero-order valence-electron chi connectivity index (χ0n) is 10.6. The summed E-state index contributed by atoms with van der Waals surface area (Å²) in [5.41, 5.74) is 1.91. The predicted octanol–water partition coefficient (Wildman–Crippen LogP) is 3.31. The number of nitrogens with zero attached hydrogens (tertiary/aromatic N) is 2. The Bertz CT molecular complexity index is 608. The average Bonchev–Trinajstić information content (AvgIpc) is 2.36. The number of anilines is 1. The number of aromatic nitrogens is 1. The molecule has 0 fully saturated rings. The summed E-state index contributed by atoms with van der Waals surface area (Å²) in [6, 6.07) is 6.68. The largest absolute Gasteiger partial charge is 0.373 e. The number of pyridine rings is 1. The molecule has 1 N–H and O–H groups in total. The second-order valence-corrected chi connectivity index (χ2v) is 4.47. The van der Waals surface area contributed by atoms with Crippen LogP contribution in [0.2, 0.25) is 0 Å². The highest BCUT2D eigenvalue weighted by atomic mass is 16.6. The highest BCUT2D eigenvalue weighted by molar-refractivity contribution is 5.84. The number of hydrogen-bond acceptors (Lipinski definition) is 4. The Hall–Kier alpha value is -2.17. The van der Waals surface area contributed by atoms with Gasteiger partial charge in [0.05, 0.1) is 10.4 Å². The number of rotatable bonds is 3. The van der Waals surface area contributed by atoms with Gasteiger partial charge in [0.2, 0.25) is 0 Å². The van der Waals surface area contributed by atoms with Crippen LogP contribution in [0.4, 0.5) is 11.5 Å². The molecule has 0 unspecified atom stereocenters. The second-order valence-electron chi connectivity index (χ2n) is 4.47. The molecule has 0 bridgehead atoms. The molecule has 0 saturated heterocycles. The molecule has 0 atom stereocenters. The van der Waals surface area contributed by atoms with Crippen molar-refractivity contribution in [2.75, 3.05) is 12.4 Å². The molecule has 0 spiro atoms. The van der Waals surface area contributed by atoms with Crippen molar-refractivity contribution in [2.24, 2.45) is 0 Å². The molecule has 5 heteroatoms. The number of benzene rings is 1. The summed E-state index contributed by atoms with van der Waals surface area (Å²) in [7, 11) is 1.82. The first-order chi connectivity index (χ1) is 8.52. The Morgan fingerprint density at radius 1 is 1.33 bits per heavy atom. The van der Waals surface area contributed by atoms with E-state index in [-0.39, 0.29) is 10.6 Å². The van der Waals surface area contributed by atoms with Crippen LogP contribution in [0.25, 0.3) is 10.9 Å². The van der Waals surface area contributed by atoms with Gasteiger partial charge in [-0.2, -0.15) is 0 Å². The van der Waals surface area contributed by atoms with Crippen LogP contribution in [0.15, 0.2) is 24.3 Å². The fraction of sp³-hybridized carbons (Fsp3) is 0.308. The highest BCUT2D eigenvalue weighted by Gasteiger charge is 2.12. The number of non-ortho nitro benzene ring substituents is 1. The minimum absolute atomic E-state index is 0.0937. The number of nitro groups is 1. The smallest absolute Gasteiger partial charge is 0.270 e. The summed E-state index contributed by atoms with van der Waals surface area (Å²) in [6.45, 7) is 4.14. The van der Waals surface area contributed by atoms with Crippen molar-refractivity contribution in [2.45, 2.75) is 19.8 Å². The van der Waals surface area contributed by atoms with Crippen molar-refractivity contribution >= 4 is 22.4 Å². The minimum atomic E-state index is -0.388. The van der Waals surface area contributed by atoms with Crippen molar-refractivity contribution in [3.05, 3.63) is 39.9 Å². The fourth-order valence-corrected chi connectivity index (χ4v) is 1.93. The highest BCUT2D eigenvalue weighted by Crippen LogP contribution is 2.28. The van der Waals surface area contributed by atoms with Crippen LogP contribution < -0.4 is 5.32 Å². The van der Waals surface area contributed by atoms with Crippen LogP contribution in [-0.2, 0) is 0 Å². The maximum atomic E-state index is 10.8. The normalized spacial score (nSPS) is 10.9. The Labute approximate surface area is 105 Å². The second kappa shape index (κ2) is 4.60. The zero-order chi connectivity index (χ0) is 13.3. The van der Waals surface area contributed by atoms with Gasteiger partial charge in [0.25, 0.3) is 5.69 Å². The Morgan fingerprint density at radius 3 is 2.61 bits per heavy atom. The van der Waals surface area contributed by atoms with E-state index in [0.717, 1.165) is 22.3 Å². The lowest BCUT2D eigenvalue weighted by molar-refractivity contribution is -0.384. The van der Waals surface area contributed by atoms with Crippen molar-refractivity contribution in [3.63, 3.8) is 0 Å². The number of nitro benzene ring substituents is 1. The third-order valence-electron chi connectivity index (χ3n) is 2.90. The van der Waals surface area contributed by atoms with Crippen LogP contribution in [0, 0.1) is 10.1 Å². The summed E-state index contributed by atoms with van der Waals surface area (Å²) in [6.07, 6.45) is 0. The summed E-state index contributed by atoms with van der Waals surface area (Å²) < 4.78 is 0. The molecule has 1 aromatic carbocycles. The van der Waals surface area contributed by atoms with E-state index in [2.05, 4.69) is 24.1 Å². The molecule has 18 heavy (non-hydrogen) atoms. The predicted molar refractivity (Wildman–Crippen MR) is 72.0 cm³/mol. The molecule has 0 aliphatic carbocycles. The Morgan fingerprint density at radius 2 is 2.06 bits per heavy atom.